The smallest absolute Gasteiger partial charge is 0.338 e. The summed E-state index contributed by atoms with van der Waals surface area (Å²) in [5, 5.41) is 2.86. The van der Waals surface area contributed by atoms with Crippen molar-refractivity contribution in [1.82, 2.24) is 5.32 Å². The summed E-state index contributed by atoms with van der Waals surface area (Å²) >= 11 is 0. The summed E-state index contributed by atoms with van der Waals surface area (Å²) in [6.07, 6.45) is 0. The van der Waals surface area contributed by atoms with E-state index in [0.717, 1.165) is 11.1 Å². The Morgan fingerprint density at radius 1 is 1.00 bits per heavy atom. The first-order valence-corrected chi connectivity index (χ1v) is 9.22. The van der Waals surface area contributed by atoms with Crippen LogP contribution in [0.2, 0.25) is 0 Å². The van der Waals surface area contributed by atoms with Gasteiger partial charge in [-0.2, -0.15) is 0 Å². The van der Waals surface area contributed by atoms with E-state index in [2.05, 4.69) is 39.1 Å². The Morgan fingerprint density at radius 3 is 2.19 bits per heavy atom. The molecule has 0 fully saturated rings. The van der Waals surface area contributed by atoms with Crippen molar-refractivity contribution in [3.8, 4) is 0 Å². The van der Waals surface area contributed by atoms with Crippen LogP contribution in [0, 0.1) is 13.8 Å². The Hall–Kier alpha value is -2.62. The fourth-order valence-electron chi connectivity index (χ4n) is 2.72. The molecule has 0 aliphatic heterocycles. The molecule has 4 nitrogen and oxygen atoms in total. The van der Waals surface area contributed by atoms with Crippen molar-refractivity contribution in [1.29, 1.82) is 0 Å². The van der Waals surface area contributed by atoms with Gasteiger partial charge in [-0.3, -0.25) is 4.79 Å². The van der Waals surface area contributed by atoms with Crippen LogP contribution in [-0.4, -0.2) is 18.5 Å². The second kappa shape index (κ2) is 8.38. The van der Waals surface area contributed by atoms with Crippen molar-refractivity contribution in [3.63, 3.8) is 0 Å². The minimum absolute atomic E-state index is 0.0206. The van der Waals surface area contributed by atoms with Gasteiger partial charge in [-0.05, 0) is 60.6 Å². The minimum atomic E-state index is -0.496. The number of carbonyl (C=O) groups excluding carboxylic acids is 2. The van der Waals surface area contributed by atoms with Crippen LogP contribution in [0.15, 0.2) is 42.5 Å². The second-order valence-corrected chi connectivity index (χ2v) is 8.04. The SMILES string of the molecule is Cc1ccc([C@H](C)NC(=O)COC(=O)c2ccc(C(C)(C)C)cc2)cc1C. The van der Waals surface area contributed by atoms with Crippen LogP contribution in [0.3, 0.4) is 0 Å². The highest BCUT2D eigenvalue weighted by molar-refractivity contribution is 5.91. The first kappa shape index (κ1) is 20.7. The molecule has 1 amide bonds. The molecular weight excluding hydrogens is 338 g/mol. The molecule has 0 aromatic heterocycles. The molecular formula is C23H29NO3. The molecule has 0 heterocycles. The van der Waals surface area contributed by atoms with Crippen LogP contribution in [0.25, 0.3) is 0 Å². The first-order chi connectivity index (χ1) is 12.6. The Labute approximate surface area is 161 Å². The lowest BCUT2D eigenvalue weighted by Gasteiger charge is -2.19. The fraction of sp³-hybridized carbons (Fsp3) is 0.391. The van der Waals surface area contributed by atoms with E-state index in [9.17, 15) is 9.59 Å². The second-order valence-electron chi connectivity index (χ2n) is 8.04. The average molecular weight is 367 g/mol. The normalized spacial score (nSPS) is 12.4. The van der Waals surface area contributed by atoms with Crippen LogP contribution >= 0.6 is 0 Å². The molecule has 0 bridgehead atoms. The number of benzene rings is 2. The zero-order chi connectivity index (χ0) is 20.2. The lowest BCUT2D eigenvalue weighted by atomic mass is 9.87. The van der Waals surface area contributed by atoms with Gasteiger partial charge in [0.05, 0.1) is 11.6 Å². The Kier molecular flexibility index (Phi) is 6.42. The molecule has 0 saturated heterocycles. The predicted octanol–water partition coefficient (Wildman–Crippen LogP) is 4.64. The minimum Gasteiger partial charge on any atom is -0.452 e. The summed E-state index contributed by atoms with van der Waals surface area (Å²) in [7, 11) is 0. The number of hydrogen-bond acceptors (Lipinski definition) is 3. The van der Waals surface area contributed by atoms with E-state index in [-0.39, 0.29) is 24.0 Å². The third-order valence-electron chi connectivity index (χ3n) is 4.73. The van der Waals surface area contributed by atoms with E-state index in [1.165, 1.54) is 11.1 Å². The maximum absolute atomic E-state index is 12.1. The zero-order valence-electron chi connectivity index (χ0n) is 17.1. The first-order valence-electron chi connectivity index (χ1n) is 9.22. The molecule has 0 aliphatic carbocycles. The highest BCUT2D eigenvalue weighted by Crippen LogP contribution is 2.22. The molecule has 144 valence electrons. The summed E-state index contributed by atoms with van der Waals surface area (Å²) in [6, 6.07) is 13.2. The number of carbonyl (C=O) groups is 2. The highest BCUT2D eigenvalue weighted by Gasteiger charge is 2.16. The molecule has 2 aromatic rings. The largest absolute Gasteiger partial charge is 0.452 e. The van der Waals surface area contributed by atoms with Crippen LogP contribution in [0.4, 0.5) is 0 Å². The number of aryl methyl sites for hydroxylation is 2. The van der Waals surface area contributed by atoms with Crippen LogP contribution in [0.1, 0.15) is 66.3 Å². The third-order valence-corrected chi connectivity index (χ3v) is 4.73. The number of rotatable bonds is 5. The summed E-state index contributed by atoms with van der Waals surface area (Å²) < 4.78 is 5.14. The molecule has 2 rings (SSSR count). The molecule has 0 aliphatic rings. The van der Waals surface area contributed by atoms with Crippen molar-refractivity contribution in [2.45, 2.75) is 53.0 Å². The van der Waals surface area contributed by atoms with Gasteiger partial charge in [0.25, 0.3) is 5.91 Å². The number of esters is 1. The predicted molar refractivity (Wildman–Crippen MR) is 108 cm³/mol. The Balaban J connectivity index is 1.89. The van der Waals surface area contributed by atoms with Gasteiger partial charge >= 0.3 is 5.97 Å². The summed E-state index contributed by atoms with van der Waals surface area (Å²) in [4.78, 5) is 24.3. The lowest BCUT2D eigenvalue weighted by molar-refractivity contribution is -0.124. The van der Waals surface area contributed by atoms with E-state index in [1.54, 1.807) is 12.1 Å². The third kappa shape index (κ3) is 5.68. The highest BCUT2D eigenvalue weighted by atomic mass is 16.5. The average Bonchev–Trinajstić information content (AvgIpc) is 2.61. The van der Waals surface area contributed by atoms with Gasteiger partial charge in [-0.15, -0.1) is 0 Å². The van der Waals surface area contributed by atoms with Crippen molar-refractivity contribution in [2.24, 2.45) is 0 Å². The van der Waals surface area contributed by atoms with Gasteiger partial charge < -0.3 is 10.1 Å². The number of ether oxygens (including phenoxy) is 1. The molecule has 1 atom stereocenters. The molecule has 2 aromatic carbocycles. The van der Waals surface area contributed by atoms with E-state index in [0.29, 0.717) is 5.56 Å². The summed E-state index contributed by atoms with van der Waals surface area (Å²) in [5.41, 5.74) is 5.02. The monoisotopic (exact) mass is 367 g/mol. The molecule has 1 N–H and O–H groups in total. The molecule has 0 unspecified atom stereocenters. The summed E-state index contributed by atoms with van der Waals surface area (Å²) in [5.74, 6) is -0.815. The number of amides is 1. The lowest BCUT2D eigenvalue weighted by Crippen LogP contribution is -2.31. The van der Waals surface area contributed by atoms with Crippen LogP contribution in [-0.2, 0) is 14.9 Å². The molecule has 4 heteroatoms. The van der Waals surface area contributed by atoms with Gasteiger partial charge in [0.15, 0.2) is 6.61 Å². The topological polar surface area (TPSA) is 55.4 Å². The molecule has 0 spiro atoms. The Bertz CT molecular complexity index is 817. The van der Waals surface area contributed by atoms with Gasteiger partial charge in [0, 0.05) is 0 Å². The van der Waals surface area contributed by atoms with E-state index < -0.39 is 5.97 Å². The van der Waals surface area contributed by atoms with Gasteiger partial charge in [-0.25, -0.2) is 4.79 Å². The molecule has 0 saturated carbocycles. The van der Waals surface area contributed by atoms with Crippen LogP contribution in [0.5, 0.6) is 0 Å². The van der Waals surface area contributed by atoms with Crippen molar-refractivity contribution < 1.29 is 14.3 Å². The molecule has 0 radical (unpaired) electrons. The quantitative estimate of drug-likeness (QED) is 0.784. The van der Waals surface area contributed by atoms with E-state index >= 15 is 0 Å². The number of hydrogen-bond donors (Lipinski definition) is 1. The molecule has 27 heavy (non-hydrogen) atoms. The number of nitrogens with one attached hydrogen (secondary N) is 1. The van der Waals surface area contributed by atoms with Crippen LogP contribution < -0.4 is 5.32 Å². The van der Waals surface area contributed by atoms with E-state index in [4.69, 9.17) is 4.74 Å². The standard InChI is InChI=1S/C23H29NO3/c1-15-7-8-19(13-16(15)2)17(3)24-21(25)14-27-22(26)18-9-11-20(12-10-18)23(4,5)6/h7-13,17H,14H2,1-6H3,(H,24,25)/t17-/m0/s1. The van der Waals surface area contributed by atoms with Crippen molar-refractivity contribution in [2.75, 3.05) is 6.61 Å². The maximum atomic E-state index is 12.1. The zero-order valence-corrected chi connectivity index (χ0v) is 17.1. The Morgan fingerprint density at radius 2 is 1.63 bits per heavy atom. The van der Waals surface area contributed by atoms with E-state index in [1.807, 2.05) is 38.1 Å². The van der Waals surface area contributed by atoms with Crippen molar-refractivity contribution in [3.05, 3.63) is 70.3 Å². The van der Waals surface area contributed by atoms with Gasteiger partial charge in [-0.1, -0.05) is 51.1 Å². The fourth-order valence-corrected chi connectivity index (χ4v) is 2.72. The van der Waals surface area contributed by atoms with Gasteiger partial charge in [0.1, 0.15) is 0 Å². The van der Waals surface area contributed by atoms with Gasteiger partial charge in [0.2, 0.25) is 0 Å². The summed E-state index contributed by atoms with van der Waals surface area (Å²) in [6.45, 7) is 12.0. The van der Waals surface area contributed by atoms with Crippen molar-refractivity contribution >= 4 is 11.9 Å². The maximum Gasteiger partial charge on any atom is 0.338 e.